The molecule has 1 aliphatic heterocycles. The number of pyridine rings is 1. The molecule has 7 nitrogen and oxygen atoms in total. The van der Waals surface area contributed by atoms with Crippen LogP contribution in [0.15, 0.2) is 59.9 Å². The molecule has 1 aliphatic rings. The third-order valence-corrected chi connectivity index (χ3v) is 6.09. The van der Waals surface area contributed by atoms with Crippen LogP contribution in [0.3, 0.4) is 0 Å². The predicted octanol–water partition coefficient (Wildman–Crippen LogP) is 3.52. The van der Waals surface area contributed by atoms with E-state index in [1.807, 2.05) is 6.07 Å². The highest BCUT2D eigenvalue weighted by Gasteiger charge is 2.24. The normalized spacial score (nSPS) is 13.8. The standard InChI is InChI=1S/C26H22FN5O2/c1-2-24(33)31-11-9-20(10-12-31)30-25-21-13-18(14-28)5-8-23(21)32(26(34)22(25)15-29)16-17-3-6-19(27)7-4-17/h2-8,13,20,30H,1,9-12,16H2. The number of anilines is 1. The summed E-state index contributed by atoms with van der Waals surface area (Å²) in [5.41, 5.74) is 1.55. The van der Waals surface area contributed by atoms with Crippen LogP contribution in [-0.4, -0.2) is 34.5 Å². The van der Waals surface area contributed by atoms with Crippen molar-refractivity contribution in [2.24, 2.45) is 0 Å². The minimum absolute atomic E-state index is 0.0469. The fourth-order valence-electron chi connectivity index (χ4n) is 4.29. The minimum Gasteiger partial charge on any atom is -0.380 e. The molecule has 170 valence electrons. The Morgan fingerprint density at radius 2 is 1.85 bits per heavy atom. The molecule has 0 atom stereocenters. The second-order valence-electron chi connectivity index (χ2n) is 8.17. The van der Waals surface area contributed by atoms with Crippen LogP contribution in [0.2, 0.25) is 0 Å². The van der Waals surface area contributed by atoms with Crippen LogP contribution in [0.4, 0.5) is 10.1 Å². The molecular formula is C26H22FN5O2. The van der Waals surface area contributed by atoms with Crippen molar-refractivity contribution < 1.29 is 9.18 Å². The molecule has 1 saturated heterocycles. The first kappa shape index (κ1) is 22.8. The van der Waals surface area contributed by atoms with Crippen molar-refractivity contribution >= 4 is 22.5 Å². The number of nitrogens with one attached hydrogen (secondary N) is 1. The molecule has 1 N–H and O–H groups in total. The van der Waals surface area contributed by atoms with Crippen LogP contribution < -0.4 is 10.9 Å². The van der Waals surface area contributed by atoms with Gasteiger partial charge in [-0.15, -0.1) is 0 Å². The van der Waals surface area contributed by atoms with E-state index in [1.54, 1.807) is 35.2 Å². The summed E-state index contributed by atoms with van der Waals surface area (Å²) < 4.78 is 14.8. The van der Waals surface area contributed by atoms with Crippen LogP contribution in [0.25, 0.3) is 10.9 Å². The molecule has 34 heavy (non-hydrogen) atoms. The van der Waals surface area contributed by atoms with Gasteiger partial charge in [0.15, 0.2) is 0 Å². The second-order valence-corrected chi connectivity index (χ2v) is 8.17. The molecule has 0 bridgehead atoms. The van der Waals surface area contributed by atoms with Crippen molar-refractivity contribution in [2.45, 2.75) is 25.4 Å². The van der Waals surface area contributed by atoms with E-state index in [4.69, 9.17) is 0 Å². The molecule has 0 unspecified atom stereocenters. The van der Waals surface area contributed by atoms with E-state index in [-0.39, 0.29) is 29.9 Å². The summed E-state index contributed by atoms with van der Waals surface area (Å²) >= 11 is 0. The van der Waals surface area contributed by atoms with Crippen molar-refractivity contribution in [1.29, 1.82) is 10.5 Å². The molecule has 0 radical (unpaired) electrons. The Kier molecular flexibility index (Phi) is 6.42. The van der Waals surface area contributed by atoms with Crippen LogP contribution in [0.5, 0.6) is 0 Å². The van der Waals surface area contributed by atoms with E-state index >= 15 is 0 Å². The van der Waals surface area contributed by atoms with E-state index in [2.05, 4.69) is 18.0 Å². The van der Waals surface area contributed by atoms with E-state index in [0.717, 1.165) is 0 Å². The van der Waals surface area contributed by atoms with Gasteiger partial charge in [0.25, 0.3) is 5.56 Å². The number of likely N-dealkylation sites (tertiary alicyclic amines) is 1. The van der Waals surface area contributed by atoms with Gasteiger partial charge in [-0.3, -0.25) is 9.59 Å². The van der Waals surface area contributed by atoms with Crippen LogP contribution in [0, 0.1) is 28.5 Å². The van der Waals surface area contributed by atoms with Crippen molar-refractivity contribution in [3.63, 3.8) is 0 Å². The lowest BCUT2D eigenvalue weighted by molar-refractivity contribution is -0.126. The van der Waals surface area contributed by atoms with Crippen molar-refractivity contribution in [3.8, 4) is 12.1 Å². The molecule has 0 spiro atoms. The molecule has 8 heteroatoms. The summed E-state index contributed by atoms with van der Waals surface area (Å²) in [4.78, 5) is 27.0. The number of carbonyl (C=O) groups excluding carboxylic acids is 1. The maximum absolute atomic E-state index is 13.4. The van der Waals surface area contributed by atoms with Gasteiger partial charge in [0.1, 0.15) is 17.4 Å². The molecular weight excluding hydrogens is 433 g/mol. The molecule has 0 saturated carbocycles. The molecule has 1 amide bonds. The summed E-state index contributed by atoms with van der Waals surface area (Å²) in [5.74, 6) is -0.499. The average Bonchev–Trinajstić information content (AvgIpc) is 2.87. The number of fused-ring (bicyclic) bond motifs is 1. The van der Waals surface area contributed by atoms with Crippen LogP contribution >= 0.6 is 0 Å². The minimum atomic E-state index is -0.467. The predicted molar refractivity (Wildman–Crippen MR) is 127 cm³/mol. The molecule has 1 aromatic heterocycles. The van der Waals surface area contributed by atoms with E-state index in [1.165, 1.54) is 22.8 Å². The van der Waals surface area contributed by atoms with Gasteiger partial charge < -0.3 is 14.8 Å². The fraction of sp³-hybridized carbons (Fsp3) is 0.231. The number of amides is 1. The number of hydrogen-bond donors (Lipinski definition) is 1. The van der Waals surface area contributed by atoms with E-state index in [0.29, 0.717) is 53.6 Å². The molecule has 0 aliphatic carbocycles. The maximum atomic E-state index is 13.4. The van der Waals surface area contributed by atoms with Gasteiger partial charge in [-0.1, -0.05) is 18.7 Å². The smallest absolute Gasteiger partial charge is 0.271 e. The van der Waals surface area contributed by atoms with Crippen molar-refractivity contribution in [1.82, 2.24) is 9.47 Å². The lowest BCUT2D eigenvalue weighted by Crippen LogP contribution is -2.42. The van der Waals surface area contributed by atoms with Gasteiger partial charge in [-0.05, 0) is 54.8 Å². The highest BCUT2D eigenvalue weighted by atomic mass is 19.1. The molecule has 2 heterocycles. The van der Waals surface area contributed by atoms with Crippen molar-refractivity contribution in [3.05, 3.63) is 88.0 Å². The second kappa shape index (κ2) is 9.60. The zero-order chi connectivity index (χ0) is 24.2. The number of carbonyl (C=O) groups is 1. The number of rotatable bonds is 5. The summed E-state index contributed by atoms with van der Waals surface area (Å²) in [7, 11) is 0. The number of nitrogens with zero attached hydrogens (tertiary/aromatic N) is 4. The lowest BCUT2D eigenvalue weighted by Gasteiger charge is -2.32. The number of piperidine rings is 1. The van der Waals surface area contributed by atoms with Gasteiger partial charge in [-0.2, -0.15) is 10.5 Å². The topological polar surface area (TPSA) is 102 Å². The first-order chi connectivity index (χ1) is 16.4. The summed E-state index contributed by atoms with van der Waals surface area (Å²) in [6.45, 7) is 4.74. The maximum Gasteiger partial charge on any atom is 0.271 e. The third-order valence-electron chi connectivity index (χ3n) is 6.09. The van der Waals surface area contributed by atoms with Gasteiger partial charge in [-0.25, -0.2) is 4.39 Å². The quantitative estimate of drug-likeness (QED) is 0.593. The zero-order valence-corrected chi connectivity index (χ0v) is 18.4. The van der Waals surface area contributed by atoms with E-state index in [9.17, 15) is 24.5 Å². The van der Waals surface area contributed by atoms with E-state index < -0.39 is 5.56 Å². The Hall–Kier alpha value is -4.43. The first-order valence-electron chi connectivity index (χ1n) is 10.9. The van der Waals surface area contributed by atoms with Gasteiger partial charge >= 0.3 is 0 Å². The lowest BCUT2D eigenvalue weighted by atomic mass is 10.0. The number of aromatic nitrogens is 1. The molecule has 4 rings (SSSR count). The summed E-state index contributed by atoms with van der Waals surface area (Å²) in [6, 6.07) is 14.9. The monoisotopic (exact) mass is 455 g/mol. The number of benzene rings is 2. The first-order valence-corrected chi connectivity index (χ1v) is 10.9. The SMILES string of the molecule is C=CC(=O)N1CCC(Nc2c(C#N)c(=O)n(Cc3ccc(F)cc3)c3ccc(C#N)cc23)CC1. The highest BCUT2D eigenvalue weighted by molar-refractivity contribution is 5.95. The van der Waals surface area contributed by atoms with Crippen LogP contribution in [-0.2, 0) is 11.3 Å². The fourth-order valence-corrected chi connectivity index (χ4v) is 4.29. The number of halogens is 1. The largest absolute Gasteiger partial charge is 0.380 e. The molecule has 3 aromatic rings. The number of nitriles is 2. The number of hydrogen-bond acceptors (Lipinski definition) is 5. The van der Waals surface area contributed by atoms with Crippen molar-refractivity contribution in [2.75, 3.05) is 18.4 Å². The molecule has 1 fully saturated rings. The third kappa shape index (κ3) is 4.39. The molecule has 2 aromatic carbocycles. The van der Waals surface area contributed by atoms with Gasteiger partial charge in [0, 0.05) is 24.5 Å². The van der Waals surface area contributed by atoms with Gasteiger partial charge in [0.2, 0.25) is 5.91 Å². The Morgan fingerprint density at radius 1 is 1.15 bits per heavy atom. The highest BCUT2D eigenvalue weighted by Crippen LogP contribution is 2.29. The zero-order valence-electron chi connectivity index (χ0n) is 18.4. The Bertz CT molecular complexity index is 1400. The summed E-state index contributed by atoms with van der Waals surface area (Å²) in [6.07, 6.45) is 2.57. The Balaban J connectivity index is 1.78. The van der Waals surface area contributed by atoms with Crippen LogP contribution in [0.1, 0.15) is 29.5 Å². The summed E-state index contributed by atoms with van der Waals surface area (Å²) in [5, 5.41) is 23.3. The van der Waals surface area contributed by atoms with Gasteiger partial charge in [0.05, 0.1) is 29.4 Å². The Labute approximate surface area is 196 Å². The Morgan fingerprint density at radius 3 is 2.47 bits per heavy atom. The average molecular weight is 455 g/mol.